The van der Waals surface area contributed by atoms with Crippen molar-refractivity contribution in [3.8, 4) is 0 Å². The van der Waals surface area contributed by atoms with Crippen LogP contribution in [0, 0.1) is 12.8 Å². The van der Waals surface area contributed by atoms with E-state index in [1.807, 2.05) is 11.8 Å². The highest BCUT2D eigenvalue weighted by Crippen LogP contribution is 2.22. The third-order valence-corrected chi connectivity index (χ3v) is 4.01. The van der Waals surface area contributed by atoms with E-state index in [9.17, 15) is 4.79 Å². The lowest BCUT2D eigenvalue weighted by atomic mass is 10.1. The number of piperazine rings is 1. The number of rotatable bonds is 3. The average molecular weight is 304 g/mol. The van der Waals surface area contributed by atoms with Crippen LogP contribution in [0.2, 0.25) is 0 Å². The van der Waals surface area contributed by atoms with Gasteiger partial charge in [-0.3, -0.25) is 4.79 Å². The lowest BCUT2D eigenvalue weighted by Gasteiger charge is -2.27. The molecule has 0 aromatic carbocycles. The number of nitrogens with zero attached hydrogens (tertiary/aromatic N) is 2. The molecule has 108 valence electrons. The molecule has 1 saturated heterocycles. The zero-order valence-electron chi connectivity index (χ0n) is 11.7. The summed E-state index contributed by atoms with van der Waals surface area (Å²) in [7, 11) is 0. The zero-order valence-corrected chi connectivity index (χ0v) is 13.4. The second-order valence-electron chi connectivity index (χ2n) is 5.15. The van der Waals surface area contributed by atoms with Gasteiger partial charge in [0.15, 0.2) is 0 Å². The van der Waals surface area contributed by atoms with Gasteiger partial charge in [-0.2, -0.15) is 0 Å². The molecule has 1 N–H and O–H groups in total. The van der Waals surface area contributed by atoms with Crippen molar-refractivity contribution < 1.29 is 4.79 Å². The first-order valence-corrected chi connectivity index (χ1v) is 7.36. The number of aryl methyl sites for hydroxylation is 1. The minimum absolute atomic E-state index is 0. The highest BCUT2D eigenvalue weighted by atomic mass is 35.5. The second kappa shape index (κ2) is 7.22. The molecule has 0 aliphatic carbocycles. The Morgan fingerprint density at radius 3 is 2.63 bits per heavy atom. The van der Waals surface area contributed by atoms with Gasteiger partial charge in [0.05, 0.1) is 10.7 Å². The van der Waals surface area contributed by atoms with Gasteiger partial charge in [0.1, 0.15) is 4.88 Å². The average Bonchev–Trinajstić information content (AvgIpc) is 2.69. The van der Waals surface area contributed by atoms with Crippen molar-refractivity contribution in [2.75, 3.05) is 26.2 Å². The fourth-order valence-corrected chi connectivity index (χ4v) is 3.09. The molecule has 1 aromatic heterocycles. The van der Waals surface area contributed by atoms with E-state index in [2.05, 4.69) is 24.1 Å². The third kappa shape index (κ3) is 4.16. The van der Waals surface area contributed by atoms with E-state index in [4.69, 9.17) is 0 Å². The number of carbonyl (C=O) groups excluding carboxylic acids is 1. The van der Waals surface area contributed by atoms with Gasteiger partial charge in [0, 0.05) is 26.2 Å². The van der Waals surface area contributed by atoms with E-state index in [0.717, 1.165) is 48.2 Å². The Labute approximate surface area is 125 Å². The predicted molar refractivity (Wildman–Crippen MR) is 81.4 cm³/mol. The van der Waals surface area contributed by atoms with Crippen LogP contribution in [-0.2, 0) is 6.42 Å². The van der Waals surface area contributed by atoms with Crippen molar-refractivity contribution >= 4 is 29.7 Å². The lowest BCUT2D eigenvalue weighted by Crippen LogP contribution is -2.46. The summed E-state index contributed by atoms with van der Waals surface area (Å²) in [6.07, 6.45) is 0.886. The Kier molecular flexibility index (Phi) is 6.23. The Morgan fingerprint density at radius 1 is 1.42 bits per heavy atom. The first kappa shape index (κ1) is 16.4. The largest absolute Gasteiger partial charge is 0.335 e. The van der Waals surface area contributed by atoms with Gasteiger partial charge in [-0.05, 0) is 19.3 Å². The lowest BCUT2D eigenvalue weighted by molar-refractivity contribution is 0.0739. The van der Waals surface area contributed by atoms with Gasteiger partial charge in [-0.1, -0.05) is 13.8 Å². The number of hydrogen-bond donors (Lipinski definition) is 1. The zero-order chi connectivity index (χ0) is 13.1. The molecule has 0 atom stereocenters. The first-order valence-electron chi connectivity index (χ1n) is 6.54. The Morgan fingerprint density at radius 2 is 2.05 bits per heavy atom. The van der Waals surface area contributed by atoms with Gasteiger partial charge in [-0.25, -0.2) is 4.98 Å². The van der Waals surface area contributed by atoms with E-state index in [1.54, 1.807) is 0 Å². The van der Waals surface area contributed by atoms with Gasteiger partial charge < -0.3 is 10.2 Å². The molecule has 2 rings (SSSR count). The Bertz CT molecular complexity index is 428. The van der Waals surface area contributed by atoms with Crippen molar-refractivity contribution in [2.45, 2.75) is 27.2 Å². The molecule has 0 unspecified atom stereocenters. The molecule has 19 heavy (non-hydrogen) atoms. The van der Waals surface area contributed by atoms with Crippen LogP contribution in [0.1, 0.15) is 34.2 Å². The molecular weight excluding hydrogens is 282 g/mol. The topological polar surface area (TPSA) is 45.2 Å². The highest BCUT2D eigenvalue weighted by Gasteiger charge is 2.23. The van der Waals surface area contributed by atoms with Crippen molar-refractivity contribution in [1.29, 1.82) is 0 Å². The van der Waals surface area contributed by atoms with Crippen molar-refractivity contribution in [2.24, 2.45) is 5.92 Å². The van der Waals surface area contributed by atoms with Crippen molar-refractivity contribution in [1.82, 2.24) is 15.2 Å². The van der Waals surface area contributed by atoms with Crippen LogP contribution < -0.4 is 5.32 Å². The van der Waals surface area contributed by atoms with Crippen LogP contribution >= 0.6 is 23.7 Å². The summed E-state index contributed by atoms with van der Waals surface area (Å²) in [6, 6.07) is 0. The quantitative estimate of drug-likeness (QED) is 0.930. The minimum Gasteiger partial charge on any atom is -0.335 e. The monoisotopic (exact) mass is 303 g/mol. The molecule has 0 bridgehead atoms. The molecule has 1 aromatic rings. The standard InChI is InChI=1S/C13H21N3OS.ClH/c1-9(2)8-11-12(18-10(3)15-11)13(17)16-6-4-14-5-7-16;/h9,14H,4-8H2,1-3H3;1H. The van der Waals surface area contributed by atoms with Crippen LogP contribution in [0.15, 0.2) is 0 Å². The molecule has 1 aliphatic heterocycles. The summed E-state index contributed by atoms with van der Waals surface area (Å²) in [6.45, 7) is 9.68. The smallest absolute Gasteiger partial charge is 0.265 e. The fourth-order valence-electron chi connectivity index (χ4n) is 2.17. The number of halogens is 1. The SMILES string of the molecule is Cc1nc(CC(C)C)c(C(=O)N2CCNCC2)s1.Cl. The van der Waals surface area contributed by atoms with Gasteiger partial charge in [-0.15, -0.1) is 23.7 Å². The summed E-state index contributed by atoms with van der Waals surface area (Å²) in [5, 5.41) is 4.26. The predicted octanol–water partition coefficient (Wildman–Crippen LogP) is 2.12. The maximum atomic E-state index is 12.5. The van der Waals surface area contributed by atoms with Crippen molar-refractivity contribution in [3.05, 3.63) is 15.6 Å². The number of thiazole rings is 1. The van der Waals surface area contributed by atoms with E-state index in [-0.39, 0.29) is 18.3 Å². The van der Waals surface area contributed by atoms with Gasteiger partial charge in [0.25, 0.3) is 5.91 Å². The molecule has 1 aliphatic rings. The van der Waals surface area contributed by atoms with Crippen molar-refractivity contribution in [3.63, 3.8) is 0 Å². The number of aromatic nitrogens is 1. The van der Waals surface area contributed by atoms with E-state index >= 15 is 0 Å². The molecular formula is C13H22ClN3OS. The van der Waals surface area contributed by atoms with Crippen LogP contribution in [0.5, 0.6) is 0 Å². The summed E-state index contributed by atoms with van der Waals surface area (Å²) < 4.78 is 0. The van der Waals surface area contributed by atoms with E-state index < -0.39 is 0 Å². The molecule has 4 nitrogen and oxygen atoms in total. The number of hydrogen-bond acceptors (Lipinski definition) is 4. The second-order valence-corrected chi connectivity index (χ2v) is 6.35. The van der Waals surface area contributed by atoms with Crippen LogP contribution in [0.25, 0.3) is 0 Å². The summed E-state index contributed by atoms with van der Waals surface area (Å²) >= 11 is 1.54. The third-order valence-electron chi connectivity index (χ3n) is 3.00. The van der Waals surface area contributed by atoms with Crippen LogP contribution in [0.4, 0.5) is 0 Å². The molecule has 0 saturated carbocycles. The number of amides is 1. The summed E-state index contributed by atoms with van der Waals surface area (Å²) in [4.78, 5) is 19.8. The Hall–Kier alpha value is -0.650. The molecule has 1 amide bonds. The van der Waals surface area contributed by atoms with Gasteiger partial charge in [0.2, 0.25) is 0 Å². The maximum Gasteiger partial charge on any atom is 0.265 e. The number of nitrogens with one attached hydrogen (secondary N) is 1. The van der Waals surface area contributed by atoms with Crippen LogP contribution in [0.3, 0.4) is 0 Å². The Balaban J connectivity index is 0.00000180. The molecule has 0 spiro atoms. The van der Waals surface area contributed by atoms with Gasteiger partial charge >= 0.3 is 0 Å². The molecule has 1 fully saturated rings. The van der Waals surface area contributed by atoms with Crippen LogP contribution in [-0.4, -0.2) is 42.0 Å². The number of carbonyl (C=O) groups is 1. The first-order chi connectivity index (χ1) is 8.58. The van der Waals surface area contributed by atoms with E-state index in [1.165, 1.54) is 11.3 Å². The fraction of sp³-hybridized carbons (Fsp3) is 0.692. The van der Waals surface area contributed by atoms with E-state index in [0.29, 0.717) is 5.92 Å². The molecule has 0 radical (unpaired) electrons. The highest BCUT2D eigenvalue weighted by molar-refractivity contribution is 7.13. The normalized spacial score (nSPS) is 15.5. The molecule has 2 heterocycles. The minimum atomic E-state index is 0. The summed E-state index contributed by atoms with van der Waals surface area (Å²) in [5.74, 6) is 0.693. The maximum absolute atomic E-state index is 12.5. The molecule has 6 heteroatoms. The summed E-state index contributed by atoms with van der Waals surface area (Å²) in [5.41, 5.74) is 0.982.